The molecule has 7 heteroatoms. The molecule has 0 amide bonds. The van der Waals surface area contributed by atoms with Crippen molar-refractivity contribution in [1.29, 1.82) is 0 Å². The first-order valence-corrected chi connectivity index (χ1v) is 7.55. The molecule has 0 atom stereocenters. The van der Waals surface area contributed by atoms with Crippen molar-refractivity contribution >= 4 is 40.2 Å². The van der Waals surface area contributed by atoms with Crippen LogP contribution in [-0.4, -0.2) is 18.2 Å². The zero-order chi connectivity index (χ0) is 16.3. The van der Waals surface area contributed by atoms with E-state index in [-0.39, 0.29) is 17.2 Å². The minimum Gasteiger partial charge on any atom is -0.493 e. The molecule has 2 aromatic rings. The van der Waals surface area contributed by atoms with Gasteiger partial charge in [0, 0.05) is 5.56 Å². The lowest BCUT2D eigenvalue weighted by Crippen LogP contribution is -2.03. The quantitative estimate of drug-likeness (QED) is 0.707. The zero-order valence-corrected chi connectivity index (χ0v) is 14.3. The highest BCUT2D eigenvalue weighted by Gasteiger charge is 2.15. The standard InChI is InChI=1S/C15H11ClFIO4/c1-21-13-5-9(15(19)20)4-12(18)14(13)22-7-8-2-3-10(17)6-11(8)16/h2-6H,7H2,1H3,(H,19,20). The molecule has 0 aliphatic rings. The summed E-state index contributed by atoms with van der Waals surface area (Å²) in [6.45, 7) is 0.109. The van der Waals surface area contributed by atoms with E-state index in [2.05, 4.69) is 0 Å². The Morgan fingerprint density at radius 2 is 2.09 bits per heavy atom. The van der Waals surface area contributed by atoms with E-state index >= 15 is 0 Å². The molecule has 0 spiro atoms. The summed E-state index contributed by atoms with van der Waals surface area (Å²) in [6.07, 6.45) is 0. The minimum absolute atomic E-state index is 0.105. The molecule has 0 bridgehead atoms. The first-order valence-electron chi connectivity index (χ1n) is 6.10. The summed E-state index contributed by atoms with van der Waals surface area (Å²) in [4.78, 5) is 11.0. The largest absolute Gasteiger partial charge is 0.493 e. The fourth-order valence-electron chi connectivity index (χ4n) is 1.77. The van der Waals surface area contributed by atoms with Gasteiger partial charge in [0.15, 0.2) is 11.5 Å². The van der Waals surface area contributed by atoms with E-state index in [9.17, 15) is 9.18 Å². The van der Waals surface area contributed by atoms with E-state index in [1.54, 1.807) is 0 Å². The third-order valence-corrected chi connectivity index (χ3v) is 4.02. The van der Waals surface area contributed by atoms with Crippen molar-refractivity contribution in [3.8, 4) is 11.5 Å². The maximum absolute atomic E-state index is 13.0. The van der Waals surface area contributed by atoms with Crippen molar-refractivity contribution in [2.45, 2.75) is 6.61 Å². The molecule has 0 radical (unpaired) electrons. The number of aromatic carboxylic acids is 1. The lowest BCUT2D eigenvalue weighted by Gasteiger charge is -2.14. The Bertz CT molecular complexity index is 721. The third-order valence-electron chi connectivity index (χ3n) is 2.86. The molecule has 0 aliphatic carbocycles. The molecule has 2 aromatic carbocycles. The Balaban J connectivity index is 2.27. The van der Waals surface area contributed by atoms with Crippen LogP contribution >= 0.6 is 34.2 Å². The average Bonchev–Trinajstić information content (AvgIpc) is 2.46. The highest BCUT2D eigenvalue weighted by Crippen LogP contribution is 2.35. The zero-order valence-electron chi connectivity index (χ0n) is 11.4. The summed E-state index contributed by atoms with van der Waals surface area (Å²) in [7, 11) is 1.43. The van der Waals surface area contributed by atoms with Gasteiger partial charge in [-0.3, -0.25) is 0 Å². The number of benzene rings is 2. The Morgan fingerprint density at radius 3 is 2.68 bits per heavy atom. The maximum Gasteiger partial charge on any atom is 0.335 e. The summed E-state index contributed by atoms with van der Waals surface area (Å²) in [5.41, 5.74) is 0.719. The van der Waals surface area contributed by atoms with Gasteiger partial charge in [0.25, 0.3) is 0 Å². The summed E-state index contributed by atoms with van der Waals surface area (Å²) < 4.78 is 24.4. The lowest BCUT2D eigenvalue weighted by molar-refractivity contribution is 0.0696. The van der Waals surface area contributed by atoms with Crippen LogP contribution in [0.2, 0.25) is 5.02 Å². The number of hydrogen-bond donors (Lipinski definition) is 1. The summed E-state index contributed by atoms with van der Waals surface area (Å²) in [5.74, 6) is -0.757. The van der Waals surface area contributed by atoms with Crippen molar-refractivity contribution in [3.63, 3.8) is 0 Å². The van der Waals surface area contributed by atoms with Gasteiger partial charge < -0.3 is 14.6 Å². The average molecular weight is 437 g/mol. The van der Waals surface area contributed by atoms with Gasteiger partial charge in [-0.1, -0.05) is 17.7 Å². The van der Waals surface area contributed by atoms with Gasteiger partial charge in [-0.15, -0.1) is 0 Å². The van der Waals surface area contributed by atoms with Crippen molar-refractivity contribution in [1.82, 2.24) is 0 Å². The van der Waals surface area contributed by atoms with Crippen LogP contribution in [0.25, 0.3) is 0 Å². The fourth-order valence-corrected chi connectivity index (χ4v) is 2.75. The van der Waals surface area contributed by atoms with Crippen LogP contribution in [0, 0.1) is 9.39 Å². The van der Waals surface area contributed by atoms with Crippen molar-refractivity contribution in [3.05, 3.63) is 55.9 Å². The van der Waals surface area contributed by atoms with Crippen LogP contribution in [0.4, 0.5) is 4.39 Å². The lowest BCUT2D eigenvalue weighted by atomic mass is 10.2. The predicted molar refractivity (Wildman–Crippen MR) is 88.4 cm³/mol. The van der Waals surface area contributed by atoms with Gasteiger partial charge in [0.1, 0.15) is 12.4 Å². The summed E-state index contributed by atoms with van der Waals surface area (Å²) in [6, 6.07) is 6.89. The van der Waals surface area contributed by atoms with Crippen molar-refractivity contribution in [2.75, 3.05) is 7.11 Å². The number of carbonyl (C=O) groups is 1. The number of carboxylic acids is 1. The molecule has 0 heterocycles. The van der Waals surface area contributed by atoms with Gasteiger partial charge in [-0.25, -0.2) is 9.18 Å². The normalized spacial score (nSPS) is 10.4. The van der Waals surface area contributed by atoms with Crippen LogP contribution in [0.15, 0.2) is 30.3 Å². The molecule has 0 saturated carbocycles. The topological polar surface area (TPSA) is 55.8 Å². The number of rotatable bonds is 5. The Kier molecular flexibility index (Phi) is 5.47. The molecule has 4 nitrogen and oxygen atoms in total. The second kappa shape index (κ2) is 7.15. The second-order valence-electron chi connectivity index (χ2n) is 4.32. The maximum atomic E-state index is 13.0. The van der Waals surface area contributed by atoms with E-state index in [4.69, 9.17) is 26.2 Å². The summed E-state index contributed by atoms with van der Waals surface area (Å²) in [5, 5.41) is 9.30. The number of hydrogen-bond acceptors (Lipinski definition) is 3. The fraction of sp³-hybridized carbons (Fsp3) is 0.133. The Morgan fingerprint density at radius 1 is 1.36 bits per heavy atom. The van der Waals surface area contributed by atoms with E-state index < -0.39 is 11.8 Å². The molecular formula is C15H11ClFIO4. The monoisotopic (exact) mass is 436 g/mol. The first-order chi connectivity index (χ1) is 10.4. The van der Waals surface area contributed by atoms with Crippen LogP contribution < -0.4 is 9.47 Å². The predicted octanol–water partition coefficient (Wildman–Crippen LogP) is 4.37. The minimum atomic E-state index is -1.05. The number of ether oxygens (including phenoxy) is 2. The Labute approximate surface area is 144 Å². The third kappa shape index (κ3) is 3.80. The molecule has 0 aromatic heterocycles. The molecule has 2 rings (SSSR count). The molecule has 22 heavy (non-hydrogen) atoms. The smallest absolute Gasteiger partial charge is 0.335 e. The van der Waals surface area contributed by atoms with E-state index in [1.807, 2.05) is 22.6 Å². The number of halogens is 3. The molecule has 0 fully saturated rings. The summed E-state index contributed by atoms with van der Waals surface area (Å²) >= 11 is 7.91. The molecule has 0 saturated heterocycles. The molecule has 0 aliphatic heterocycles. The molecule has 0 unspecified atom stereocenters. The highest BCUT2D eigenvalue weighted by atomic mass is 127. The van der Waals surface area contributed by atoms with Crippen LogP contribution in [0.5, 0.6) is 11.5 Å². The van der Waals surface area contributed by atoms with Crippen molar-refractivity contribution < 1.29 is 23.8 Å². The van der Waals surface area contributed by atoms with Crippen LogP contribution in [0.1, 0.15) is 15.9 Å². The van der Waals surface area contributed by atoms with Gasteiger partial charge in [0.05, 0.1) is 21.3 Å². The van der Waals surface area contributed by atoms with Gasteiger partial charge >= 0.3 is 5.97 Å². The van der Waals surface area contributed by atoms with Crippen molar-refractivity contribution in [2.24, 2.45) is 0 Å². The van der Waals surface area contributed by atoms with Crippen LogP contribution in [-0.2, 0) is 6.61 Å². The highest BCUT2D eigenvalue weighted by molar-refractivity contribution is 14.1. The number of carboxylic acid groups (broad SMARTS) is 1. The molecule has 116 valence electrons. The van der Waals surface area contributed by atoms with Crippen LogP contribution in [0.3, 0.4) is 0 Å². The second-order valence-corrected chi connectivity index (χ2v) is 5.89. The van der Waals surface area contributed by atoms with E-state index in [0.29, 0.717) is 20.6 Å². The van der Waals surface area contributed by atoms with Gasteiger partial charge in [-0.2, -0.15) is 0 Å². The number of methoxy groups -OCH3 is 1. The SMILES string of the molecule is COc1cc(C(=O)O)cc(I)c1OCc1ccc(F)cc1Cl. The first kappa shape index (κ1) is 16.8. The van der Waals surface area contributed by atoms with Gasteiger partial charge in [0.2, 0.25) is 0 Å². The van der Waals surface area contributed by atoms with Gasteiger partial charge in [-0.05, 0) is 46.9 Å². The molecular weight excluding hydrogens is 426 g/mol. The Hall–Kier alpha value is -1.54. The van der Waals surface area contributed by atoms with E-state index in [0.717, 1.165) is 0 Å². The van der Waals surface area contributed by atoms with E-state index in [1.165, 1.54) is 37.4 Å². The molecule has 1 N–H and O–H groups in total.